The van der Waals surface area contributed by atoms with Crippen LogP contribution in [0.4, 0.5) is 11.5 Å². The number of pyridine rings is 1. The number of aliphatic carboxylic acids is 1. The van der Waals surface area contributed by atoms with Crippen LogP contribution < -0.4 is 16.2 Å². The second kappa shape index (κ2) is 9.99. The molecule has 1 amide bonds. The summed E-state index contributed by atoms with van der Waals surface area (Å²) in [5.74, 6) is -2.30. The van der Waals surface area contributed by atoms with Crippen molar-refractivity contribution >= 4 is 35.0 Å². The van der Waals surface area contributed by atoms with E-state index in [0.29, 0.717) is 22.4 Å². The first-order valence-electron chi connectivity index (χ1n) is 9.69. The Hall–Kier alpha value is -4.13. The fourth-order valence-electron chi connectivity index (χ4n) is 3.13. The van der Waals surface area contributed by atoms with E-state index in [1.807, 2.05) is 6.07 Å². The van der Waals surface area contributed by atoms with Gasteiger partial charge in [0.25, 0.3) is 5.91 Å². The Morgan fingerprint density at radius 1 is 1.21 bits per heavy atom. The third kappa shape index (κ3) is 5.38. The lowest BCUT2D eigenvalue weighted by Crippen LogP contribution is -2.30. The van der Waals surface area contributed by atoms with Crippen molar-refractivity contribution in [3.05, 3.63) is 59.1 Å². The van der Waals surface area contributed by atoms with Crippen LogP contribution in [0.2, 0.25) is 5.02 Å². The number of rotatable bonds is 7. The molecule has 3 aromatic rings. The molecule has 0 saturated heterocycles. The standard InChI is InChI=1S/C23H19ClN4O5/c24-16-6-5-12(9-18(16)28-23(33)20(30)7-8-21(31)32)14-10-17(27-22(26)15(14)11-25)13-3-1-2-4-19(13)29/h1-6,9-10,20,29-30H,7-8H2,(H2,26,27)(H,28,33)(H,31,32)/p-1. The van der Waals surface area contributed by atoms with E-state index in [4.69, 9.17) is 17.3 Å². The number of carboxylic acids is 1. The number of aromatic nitrogens is 1. The van der Waals surface area contributed by atoms with Crippen LogP contribution in [0.5, 0.6) is 5.75 Å². The normalized spacial score (nSPS) is 11.4. The van der Waals surface area contributed by atoms with Gasteiger partial charge in [-0.25, -0.2) is 4.98 Å². The molecule has 0 aliphatic heterocycles. The predicted molar refractivity (Wildman–Crippen MR) is 120 cm³/mol. The van der Waals surface area contributed by atoms with E-state index < -0.39 is 24.4 Å². The van der Waals surface area contributed by atoms with Crippen LogP contribution in [0.25, 0.3) is 22.4 Å². The second-order valence-corrected chi connectivity index (χ2v) is 7.46. The number of carboxylic acid groups (broad SMARTS) is 1. The zero-order valence-electron chi connectivity index (χ0n) is 17.1. The number of phenolic OH excluding ortho intramolecular Hbond substituents is 1. The van der Waals surface area contributed by atoms with E-state index in [-0.39, 0.29) is 34.3 Å². The molecule has 1 atom stereocenters. The number of para-hydroxylation sites is 1. The minimum atomic E-state index is -1.58. The Bertz CT molecular complexity index is 1270. The van der Waals surface area contributed by atoms with E-state index >= 15 is 0 Å². The first-order valence-corrected chi connectivity index (χ1v) is 10.1. The smallest absolute Gasteiger partial charge is 0.253 e. The van der Waals surface area contributed by atoms with Gasteiger partial charge in [0.15, 0.2) is 0 Å². The van der Waals surface area contributed by atoms with Gasteiger partial charge in [0.2, 0.25) is 0 Å². The summed E-state index contributed by atoms with van der Waals surface area (Å²) in [5.41, 5.74) is 7.81. The molecule has 0 bridgehead atoms. The molecule has 0 fully saturated rings. The molecule has 168 valence electrons. The van der Waals surface area contributed by atoms with Gasteiger partial charge in [-0.2, -0.15) is 5.26 Å². The molecular weight excluding hydrogens is 448 g/mol. The maximum Gasteiger partial charge on any atom is 0.253 e. The molecule has 0 aliphatic rings. The van der Waals surface area contributed by atoms with Crippen LogP contribution in [0.3, 0.4) is 0 Å². The first-order chi connectivity index (χ1) is 15.7. The zero-order valence-corrected chi connectivity index (χ0v) is 17.8. The van der Waals surface area contributed by atoms with Crippen molar-refractivity contribution in [3.8, 4) is 34.2 Å². The maximum atomic E-state index is 12.2. The van der Waals surface area contributed by atoms with Crippen molar-refractivity contribution in [2.24, 2.45) is 0 Å². The Labute approximate surface area is 193 Å². The van der Waals surface area contributed by atoms with Crippen molar-refractivity contribution in [2.45, 2.75) is 18.9 Å². The topological polar surface area (TPSA) is 172 Å². The number of nitrogen functional groups attached to an aromatic ring is 1. The van der Waals surface area contributed by atoms with Crippen molar-refractivity contribution in [2.75, 3.05) is 11.1 Å². The quantitative estimate of drug-likeness (QED) is 0.410. The largest absolute Gasteiger partial charge is 0.550 e. The summed E-state index contributed by atoms with van der Waals surface area (Å²) in [6.07, 6.45) is -2.39. The summed E-state index contributed by atoms with van der Waals surface area (Å²) in [6.45, 7) is 0. The first kappa shape index (κ1) is 23.5. The van der Waals surface area contributed by atoms with Crippen LogP contribution in [-0.4, -0.2) is 33.2 Å². The van der Waals surface area contributed by atoms with Gasteiger partial charge in [0, 0.05) is 17.1 Å². The number of hydrogen-bond donors (Lipinski definition) is 4. The van der Waals surface area contributed by atoms with Gasteiger partial charge in [-0.3, -0.25) is 4.79 Å². The van der Waals surface area contributed by atoms with Gasteiger partial charge in [-0.05, 0) is 48.7 Å². The number of benzene rings is 2. The zero-order chi connectivity index (χ0) is 24.1. The van der Waals surface area contributed by atoms with E-state index in [2.05, 4.69) is 10.3 Å². The van der Waals surface area contributed by atoms with Gasteiger partial charge in [-0.1, -0.05) is 29.8 Å². The Kier molecular flexibility index (Phi) is 7.13. The Morgan fingerprint density at radius 2 is 1.94 bits per heavy atom. The number of halogens is 1. The van der Waals surface area contributed by atoms with Crippen LogP contribution >= 0.6 is 11.6 Å². The third-order valence-electron chi connectivity index (χ3n) is 4.80. The fraction of sp³-hybridized carbons (Fsp3) is 0.130. The number of carbonyl (C=O) groups is 2. The summed E-state index contributed by atoms with van der Waals surface area (Å²) in [4.78, 5) is 27.0. The average molecular weight is 466 g/mol. The summed E-state index contributed by atoms with van der Waals surface area (Å²) < 4.78 is 0. The van der Waals surface area contributed by atoms with Gasteiger partial charge in [0.1, 0.15) is 29.3 Å². The van der Waals surface area contributed by atoms with Crippen LogP contribution in [0.15, 0.2) is 48.5 Å². The highest BCUT2D eigenvalue weighted by Crippen LogP contribution is 2.36. The van der Waals surface area contributed by atoms with E-state index in [9.17, 15) is 30.2 Å². The summed E-state index contributed by atoms with van der Waals surface area (Å²) >= 11 is 6.18. The lowest BCUT2D eigenvalue weighted by molar-refractivity contribution is -0.306. The number of amides is 1. The van der Waals surface area contributed by atoms with Crippen LogP contribution in [0.1, 0.15) is 18.4 Å². The highest BCUT2D eigenvalue weighted by Gasteiger charge is 2.19. The number of hydrogen-bond acceptors (Lipinski definition) is 8. The average Bonchev–Trinajstić information content (AvgIpc) is 2.78. The number of nitrogens with one attached hydrogen (secondary N) is 1. The monoisotopic (exact) mass is 465 g/mol. The maximum absolute atomic E-state index is 12.2. The molecule has 0 aliphatic carbocycles. The Balaban J connectivity index is 2.01. The number of aliphatic hydroxyl groups excluding tert-OH is 1. The van der Waals surface area contributed by atoms with Crippen molar-refractivity contribution < 1.29 is 24.9 Å². The molecule has 0 saturated carbocycles. The van der Waals surface area contributed by atoms with Crippen LogP contribution in [-0.2, 0) is 9.59 Å². The lowest BCUT2D eigenvalue weighted by Gasteiger charge is -2.15. The molecule has 33 heavy (non-hydrogen) atoms. The van der Waals surface area contributed by atoms with Crippen molar-refractivity contribution in [1.29, 1.82) is 5.26 Å². The molecule has 0 radical (unpaired) electrons. The minimum Gasteiger partial charge on any atom is -0.550 e. The molecule has 3 rings (SSSR count). The highest BCUT2D eigenvalue weighted by molar-refractivity contribution is 6.33. The molecule has 9 nitrogen and oxygen atoms in total. The number of aliphatic hydroxyl groups is 1. The van der Waals surface area contributed by atoms with E-state index in [1.54, 1.807) is 30.3 Å². The van der Waals surface area contributed by atoms with Gasteiger partial charge in [-0.15, -0.1) is 0 Å². The summed E-state index contributed by atoms with van der Waals surface area (Å²) in [6, 6.07) is 14.7. The van der Waals surface area contributed by atoms with Crippen molar-refractivity contribution in [3.63, 3.8) is 0 Å². The molecule has 1 aromatic heterocycles. The number of nitrogens with zero attached hydrogens (tertiary/aromatic N) is 2. The Morgan fingerprint density at radius 3 is 2.61 bits per heavy atom. The number of nitriles is 1. The van der Waals surface area contributed by atoms with Crippen LogP contribution in [0, 0.1) is 11.3 Å². The molecule has 0 spiro atoms. The summed E-state index contributed by atoms with van der Waals surface area (Å²) in [7, 11) is 0. The fourth-order valence-corrected chi connectivity index (χ4v) is 3.29. The predicted octanol–water partition coefficient (Wildman–Crippen LogP) is 2.06. The number of nitrogens with two attached hydrogens (primary N) is 1. The molecule has 10 heteroatoms. The van der Waals surface area contributed by atoms with E-state index in [1.165, 1.54) is 18.2 Å². The molecule has 5 N–H and O–H groups in total. The van der Waals surface area contributed by atoms with Gasteiger partial charge < -0.3 is 31.2 Å². The summed E-state index contributed by atoms with van der Waals surface area (Å²) in [5, 5.41) is 42.8. The van der Waals surface area contributed by atoms with E-state index in [0.717, 1.165) is 0 Å². The molecule has 1 unspecified atom stereocenters. The highest BCUT2D eigenvalue weighted by atomic mass is 35.5. The van der Waals surface area contributed by atoms with Crippen molar-refractivity contribution in [1.82, 2.24) is 4.98 Å². The minimum absolute atomic E-state index is 0.0188. The number of aromatic hydroxyl groups is 1. The van der Waals surface area contributed by atoms with Gasteiger partial charge in [0.05, 0.1) is 16.4 Å². The third-order valence-corrected chi connectivity index (χ3v) is 5.13. The lowest BCUT2D eigenvalue weighted by atomic mass is 9.97. The molecule has 1 heterocycles. The number of phenols is 1. The van der Waals surface area contributed by atoms with Gasteiger partial charge >= 0.3 is 0 Å². The number of carbonyl (C=O) groups excluding carboxylic acids is 2. The SMILES string of the molecule is N#Cc1c(-c2ccc(Cl)c(NC(=O)C(O)CCC(=O)[O-])c2)cc(-c2ccccc2O)nc1N. The second-order valence-electron chi connectivity index (χ2n) is 7.05. The molecule has 2 aromatic carbocycles. The number of anilines is 2. The molecular formula is C23H18ClN4O5-.